The molecule has 1 aromatic carbocycles. The summed E-state index contributed by atoms with van der Waals surface area (Å²) < 4.78 is 25.3. The van der Waals surface area contributed by atoms with Gasteiger partial charge in [-0.25, -0.2) is 8.78 Å². The van der Waals surface area contributed by atoms with Crippen LogP contribution in [-0.4, -0.2) is 36.2 Å². The van der Waals surface area contributed by atoms with Gasteiger partial charge >= 0.3 is 0 Å². The first kappa shape index (κ1) is 14.8. The van der Waals surface area contributed by atoms with Crippen LogP contribution in [0.5, 0.6) is 0 Å². The zero-order valence-electron chi connectivity index (χ0n) is 9.22. The number of alkyl halides is 2. The second kappa shape index (κ2) is 6.60. The van der Waals surface area contributed by atoms with Crippen molar-refractivity contribution in [1.29, 1.82) is 0 Å². The maximum absolute atomic E-state index is 12.4. The largest absolute Gasteiger partial charge is 0.395 e. The van der Waals surface area contributed by atoms with Gasteiger partial charge in [0.05, 0.1) is 18.1 Å². The van der Waals surface area contributed by atoms with Crippen molar-refractivity contribution in [3.63, 3.8) is 0 Å². The molecule has 0 amide bonds. The first-order chi connectivity index (χ1) is 8.45. The highest BCUT2D eigenvalue weighted by molar-refractivity contribution is 9.10. The van der Waals surface area contributed by atoms with Crippen LogP contribution in [-0.2, 0) is 0 Å². The standard InChI is InChI=1S/C10H11BrF2N2O3/c11-7-1-2-8(9(5-7)15(17)18)14(3-4-16)6-10(12)13/h1-2,5,10,16H,3-4,6H2. The van der Waals surface area contributed by atoms with Gasteiger partial charge in [0.15, 0.2) is 0 Å². The van der Waals surface area contributed by atoms with Crippen molar-refractivity contribution >= 4 is 27.3 Å². The molecular formula is C10H11BrF2N2O3. The smallest absolute Gasteiger partial charge is 0.293 e. The fraction of sp³-hybridized carbons (Fsp3) is 0.400. The third-order valence-electron chi connectivity index (χ3n) is 2.20. The summed E-state index contributed by atoms with van der Waals surface area (Å²) in [7, 11) is 0. The number of nitro benzene ring substituents is 1. The third kappa shape index (κ3) is 3.88. The van der Waals surface area contributed by atoms with Crippen LogP contribution in [0.15, 0.2) is 22.7 Å². The van der Waals surface area contributed by atoms with Crippen LogP contribution in [0, 0.1) is 10.1 Å². The van der Waals surface area contributed by atoms with E-state index in [2.05, 4.69) is 15.9 Å². The predicted octanol–water partition coefficient (Wildman–Crippen LogP) is 2.42. The molecule has 0 aliphatic carbocycles. The summed E-state index contributed by atoms with van der Waals surface area (Å²) in [4.78, 5) is 11.3. The first-order valence-corrected chi connectivity index (χ1v) is 5.83. The van der Waals surface area contributed by atoms with E-state index in [4.69, 9.17) is 5.11 Å². The van der Waals surface area contributed by atoms with Gasteiger partial charge in [-0.05, 0) is 12.1 Å². The van der Waals surface area contributed by atoms with Gasteiger partial charge in [0.2, 0.25) is 0 Å². The Balaban J connectivity index is 3.13. The van der Waals surface area contributed by atoms with Crippen molar-refractivity contribution in [2.45, 2.75) is 6.43 Å². The highest BCUT2D eigenvalue weighted by atomic mass is 79.9. The molecule has 0 radical (unpaired) electrons. The molecule has 0 atom stereocenters. The van der Waals surface area contributed by atoms with Crippen molar-refractivity contribution in [1.82, 2.24) is 0 Å². The van der Waals surface area contributed by atoms with Gasteiger partial charge in [0.1, 0.15) is 5.69 Å². The van der Waals surface area contributed by atoms with E-state index in [0.717, 1.165) is 4.90 Å². The van der Waals surface area contributed by atoms with Crippen molar-refractivity contribution in [3.05, 3.63) is 32.8 Å². The lowest BCUT2D eigenvalue weighted by atomic mass is 10.2. The number of halogens is 3. The number of hydrogen-bond acceptors (Lipinski definition) is 4. The normalized spacial score (nSPS) is 10.7. The van der Waals surface area contributed by atoms with E-state index in [1.165, 1.54) is 18.2 Å². The van der Waals surface area contributed by atoms with E-state index >= 15 is 0 Å². The number of rotatable bonds is 6. The second-order valence-electron chi connectivity index (χ2n) is 3.45. The van der Waals surface area contributed by atoms with Crippen LogP contribution in [0.25, 0.3) is 0 Å². The van der Waals surface area contributed by atoms with Gasteiger partial charge in [0.25, 0.3) is 12.1 Å². The average molecular weight is 325 g/mol. The lowest BCUT2D eigenvalue weighted by Gasteiger charge is -2.23. The van der Waals surface area contributed by atoms with Gasteiger partial charge in [-0.2, -0.15) is 0 Å². The maximum Gasteiger partial charge on any atom is 0.293 e. The third-order valence-corrected chi connectivity index (χ3v) is 2.70. The molecule has 0 spiro atoms. The molecule has 0 unspecified atom stereocenters. The zero-order valence-corrected chi connectivity index (χ0v) is 10.8. The minimum absolute atomic E-state index is 0.0672. The summed E-state index contributed by atoms with van der Waals surface area (Å²) in [6, 6.07) is 4.14. The van der Waals surface area contributed by atoms with Crippen LogP contribution < -0.4 is 4.90 Å². The van der Waals surface area contributed by atoms with E-state index in [0.29, 0.717) is 4.47 Å². The molecule has 1 aromatic rings. The van der Waals surface area contributed by atoms with Crippen LogP contribution in [0.2, 0.25) is 0 Å². The highest BCUT2D eigenvalue weighted by Crippen LogP contribution is 2.31. The SMILES string of the molecule is O=[N+]([O-])c1cc(Br)ccc1N(CCO)CC(F)F. The highest BCUT2D eigenvalue weighted by Gasteiger charge is 2.21. The fourth-order valence-electron chi connectivity index (χ4n) is 1.51. The summed E-state index contributed by atoms with van der Waals surface area (Å²) in [6.07, 6.45) is -2.64. The van der Waals surface area contributed by atoms with E-state index in [-0.39, 0.29) is 24.5 Å². The maximum atomic E-state index is 12.4. The Hall–Kier alpha value is -1.28. The average Bonchev–Trinajstić information content (AvgIpc) is 2.27. The van der Waals surface area contributed by atoms with E-state index in [1.807, 2.05) is 0 Å². The number of hydrogen-bond donors (Lipinski definition) is 1. The fourth-order valence-corrected chi connectivity index (χ4v) is 1.86. The Morgan fingerprint density at radius 3 is 2.67 bits per heavy atom. The first-order valence-electron chi connectivity index (χ1n) is 5.03. The molecule has 0 fully saturated rings. The molecule has 0 saturated carbocycles. The Labute approximate surface area is 110 Å². The molecule has 100 valence electrons. The lowest BCUT2D eigenvalue weighted by molar-refractivity contribution is -0.384. The lowest BCUT2D eigenvalue weighted by Crippen LogP contribution is -2.32. The number of nitrogens with zero attached hydrogens (tertiary/aromatic N) is 2. The number of nitro groups is 1. The molecule has 18 heavy (non-hydrogen) atoms. The molecule has 0 heterocycles. The summed E-state index contributed by atoms with van der Waals surface area (Å²) in [5.41, 5.74) is -0.212. The molecule has 1 N–H and O–H groups in total. The van der Waals surface area contributed by atoms with E-state index < -0.39 is 17.9 Å². The molecule has 0 saturated heterocycles. The number of benzene rings is 1. The molecule has 0 aromatic heterocycles. The van der Waals surface area contributed by atoms with Crippen molar-refractivity contribution in [2.24, 2.45) is 0 Å². The number of aliphatic hydroxyl groups is 1. The van der Waals surface area contributed by atoms with Gasteiger partial charge in [-0.3, -0.25) is 10.1 Å². The van der Waals surface area contributed by atoms with Crippen molar-refractivity contribution in [2.75, 3.05) is 24.6 Å². The Morgan fingerprint density at radius 2 is 2.17 bits per heavy atom. The van der Waals surface area contributed by atoms with E-state index in [1.54, 1.807) is 0 Å². The predicted molar refractivity (Wildman–Crippen MR) is 66.1 cm³/mol. The van der Waals surface area contributed by atoms with Gasteiger partial charge in [-0.15, -0.1) is 0 Å². The molecular weight excluding hydrogens is 314 g/mol. The topological polar surface area (TPSA) is 66.6 Å². The molecule has 0 bridgehead atoms. The summed E-state index contributed by atoms with van der Waals surface area (Å²) >= 11 is 3.08. The monoisotopic (exact) mass is 324 g/mol. The minimum Gasteiger partial charge on any atom is -0.395 e. The van der Waals surface area contributed by atoms with Crippen LogP contribution in [0.4, 0.5) is 20.2 Å². The van der Waals surface area contributed by atoms with Crippen molar-refractivity contribution in [3.8, 4) is 0 Å². The summed E-state index contributed by atoms with van der Waals surface area (Å²) in [6.45, 7) is -1.12. The van der Waals surface area contributed by atoms with Crippen molar-refractivity contribution < 1.29 is 18.8 Å². The van der Waals surface area contributed by atoms with Crippen LogP contribution >= 0.6 is 15.9 Å². The molecule has 8 heteroatoms. The summed E-state index contributed by atoms with van der Waals surface area (Å²) in [5, 5.41) is 19.7. The van der Waals surface area contributed by atoms with Crippen LogP contribution in [0.3, 0.4) is 0 Å². The number of aliphatic hydroxyl groups excluding tert-OH is 1. The number of anilines is 1. The Bertz CT molecular complexity index is 432. The molecule has 1 rings (SSSR count). The molecule has 5 nitrogen and oxygen atoms in total. The van der Waals surface area contributed by atoms with Gasteiger partial charge in [-0.1, -0.05) is 15.9 Å². The van der Waals surface area contributed by atoms with Gasteiger partial charge < -0.3 is 10.0 Å². The van der Waals surface area contributed by atoms with Gasteiger partial charge in [0, 0.05) is 17.1 Å². The van der Waals surface area contributed by atoms with Crippen LogP contribution in [0.1, 0.15) is 0 Å². The molecule has 0 aliphatic heterocycles. The quantitative estimate of drug-likeness (QED) is 0.644. The second-order valence-corrected chi connectivity index (χ2v) is 4.37. The Kier molecular flexibility index (Phi) is 5.42. The zero-order chi connectivity index (χ0) is 13.7. The Morgan fingerprint density at radius 1 is 1.50 bits per heavy atom. The van der Waals surface area contributed by atoms with E-state index in [9.17, 15) is 18.9 Å². The summed E-state index contributed by atoms with van der Waals surface area (Å²) in [5.74, 6) is 0. The molecule has 0 aliphatic rings. The minimum atomic E-state index is -2.64.